The second kappa shape index (κ2) is 5.61. The van der Waals surface area contributed by atoms with E-state index in [0.717, 1.165) is 12.8 Å². The molecule has 22 heavy (non-hydrogen) atoms. The number of nitrogens with one attached hydrogen (secondary N) is 1. The predicted octanol–water partition coefficient (Wildman–Crippen LogP) is 2.11. The van der Waals surface area contributed by atoms with Crippen molar-refractivity contribution in [1.82, 2.24) is 15.1 Å². The van der Waals surface area contributed by atoms with Crippen molar-refractivity contribution in [1.29, 1.82) is 5.26 Å². The first-order valence-corrected chi connectivity index (χ1v) is 7.54. The Balaban J connectivity index is 1.69. The summed E-state index contributed by atoms with van der Waals surface area (Å²) in [6.45, 7) is 2.93. The highest BCUT2D eigenvalue weighted by Gasteiger charge is 2.42. The minimum absolute atomic E-state index is 0.188. The third-order valence-electron chi connectivity index (χ3n) is 4.63. The molecule has 2 heterocycles. The molecule has 1 amide bonds. The summed E-state index contributed by atoms with van der Waals surface area (Å²) in [5.41, 5.74) is 1.04. The van der Waals surface area contributed by atoms with Crippen molar-refractivity contribution in [2.45, 2.75) is 25.8 Å². The molecule has 8 heteroatoms. The van der Waals surface area contributed by atoms with E-state index < -0.39 is 6.09 Å². The van der Waals surface area contributed by atoms with E-state index >= 15 is 0 Å². The largest absolute Gasteiger partial charge is 0.465 e. The number of fused-ring (bicyclic) bond motifs is 1. The summed E-state index contributed by atoms with van der Waals surface area (Å²) in [5.74, 6) is 1.21. The number of amides is 1. The Morgan fingerprint density at radius 2 is 2.05 bits per heavy atom. The standard InChI is InChI=1S/C14H16ClN5O2/c1-7-11(4-16)13(19-18-12(7)15)17-10-2-8-5-20(14(21)22)6-9(8)3-10/h8-10H,2-3,5-6H2,1H3,(H,17,19)(H,21,22)/t8-,9+,10-. The lowest BCUT2D eigenvalue weighted by atomic mass is 10.0. The van der Waals surface area contributed by atoms with Gasteiger partial charge in [0.1, 0.15) is 11.6 Å². The van der Waals surface area contributed by atoms with Crippen molar-refractivity contribution in [2.75, 3.05) is 18.4 Å². The number of likely N-dealkylation sites (tertiary alicyclic amines) is 1. The lowest BCUT2D eigenvalue weighted by Crippen LogP contribution is -2.29. The van der Waals surface area contributed by atoms with E-state index in [-0.39, 0.29) is 11.2 Å². The Labute approximate surface area is 132 Å². The number of carboxylic acid groups (broad SMARTS) is 1. The van der Waals surface area contributed by atoms with Crippen molar-refractivity contribution in [2.24, 2.45) is 11.8 Å². The van der Waals surface area contributed by atoms with Gasteiger partial charge < -0.3 is 15.3 Å². The number of hydrogen-bond acceptors (Lipinski definition) is 5. The SMILES string of the molecule is Cc1c(Cl)nnc(N[C@@H]2C[C@@H]3CN(C(=O)O)C[C@@H]3C2)c1C#N. The first-order chi connectivity index (χ1) is 10.5. The molecule has 1 aromatic rings. The molecule has 0 bridgehead atoms. The first kappa shape index (κ1) is 14.9. The van der Waals surface area contributed by atoms with E-state index in [0.29, 0.717) is 41.9 Å². The summed E-state index contributed by atoms with van der Waals surface area (Å²) in [4.78, 5) is 12.5. The van der Waals surface area contributed by atoms with E-state index in [2.05, 4.69) is 21.6 Å². The van der Waals surface area contributed by atoms with Crippen LogP contribution in [0.2, 0.25) is 5.15 Å². The maximum absolute atomic E-state index is 11.0. The summed E-state index contributed by atoms with van der Waals surface area (Å²) in [6, 6.07) is 2.30. The molecular weight excluding hydrogens is 306 g/mol. The molecule has 2 N–H and O–H groups in total. The quantitative estimate of drug-likeness (QED) is 0.865. The van der Waals surface area contributed by atoms with Crippen LogP contribution in [0.25, 0.3) is 0 Å². The molecule has 7 nitrogen and oxygen atoms in total. The van der Waals surface area contributed by atoms with Crippen LogP contribution in [-0.4, -0.2) is 45.4 Å². The normalized spacial score (nSPS) is 26.6. The number of halogens is 1. The van der Waals surface area contributed by atoms with Gasteiger partial charge in [-0.2, -0.15) is 5.26 Å². The fraction of sp³-hybridized carbons (Fsp3) is 0.571. The summed E-state index contributed by atoms with van der Waals surface area (Å²) in [5, 5.41) is 29.7. The van der Waals surface area contributed by atoms with Gasteiger partial charge in [-0.25, -0.2) is 4.79 Å². The molecule has 3 atom stereocenters. The molecule has 2 aliphatic rings. The van der Waals surface area contributed by atoms with E-state index in [9.17, 15) is 10.1 Å². The third kappa shape index (κ3) is 2.55. The lowest BCUT2D eigenvalue weighted by molar-refractivity contribution is 0.152. The maximum Gasteiger partial charge on any atom is 0.407 e. The van der Waals surface area contributed by atoms with Gasteiger partial charge in [0.05, 0.1) is 0 Å². The van der Waals surface area contributed by atoms with Gasteiger partial charge in [0.2, 0.25) is 0 Å². The van der Waals surface area contributed by atoms with Crippen LogP contribution in [0.5, 0.6) is 0 Å². The Kier molecular flexibility index (Phi) is 3.79. The second-order valence-corrected chi connectivity index (χ2v) is 6.33. The predicted molar refractivity (Wildman–Crippen MR) is 79.7 cm³/mol. The minimum atomic E-state index is -0.843. The van der Waals surface area contributed by atoms with Gasteiger partial charge in [0.25, 0.3) is 0 Å². The molecule has 0 spiro atoms. The Morgan fingerprint density at radius 3 is 2.59 bits per heavy atom. The fourth-order valence-corrected chi connectivity index (χ4v) is 3.64. The van der Waals surface area contributed by atoms with E-state index in [1.165, 1.54) is 4.90 Å². The van der Waals surface area contributed by atoms with Crippen molar-refractivity contribution >= 4 is 23.5 Å². The van der Waals surface area contributed by atoms with Gasteiger partial charge in [0, 0.05) is 24.7 Å². The average molecular weight is 322 g/mol. The highest BCUT2D eigenvalue weighted by atomic mass is 35.5. The van der Waals surface area contributed by atoms with Gasteiger partial charge in [-0.3, -0.25) is 0 Å². The van der Waals surface area contributed by atoms with Crippen LogP contribution in [0, 0.1) is 30.1 Å². The second-order valence-electron chi connectivity index (χ2n) is 5.97. The summed E-state index contributed by atoms with van der Waals surface area (Å²) >= 11 is 5.89. The van der Waals surface area contributed by atoms with Gasteiger partial charge >= 0.3 is 6.09 Å². The zero-order chi connectivity index (χ0) is 15.9. The number of rotatable bonds is 2. The van der Waals surface area contributed by atoms with Gasteiger partial charge in [-0.05, 0) is 31.6 Å². The Morgan fingerprint density at radius 1 is 1.41 bits per heavy atom. The molecule has 1 saturated carbocycles. The highest BCUT2D eigenvalue weighted by Crippen LogP contribution is 2.39. The van der Waals surface area contributed by atoms with E-state index in [4.69, 9.17) is 16.7 Å². The van der Waals surface area contributed by atoms with E-state index in [1.54, 1.807) is 6.92 Å². The number of anilines is 1. The third-order valence-corrected chi connectivity index (χ3v) is 4.99. The minimum Gasteiger partial charge on any atom is -0.465 e. The van der Waals surface area contributed by atoms with Crippen molar-refractivity contribution < 1.29 is 9.90 Å². The number of carbonyl (C=O) groups is 1. The van der Waals surface area contributed by atoms with Crippen LogP contribution in [0.3, 0.4) is 0 Å². The van der Waals surface area contributed by atoms with Crippen molar-refractivity contribution in [3.05, 3.63) is 16.3 Å². The summed E-state index contributed by atoms with van der Waals surface area (Å²) < 4.78 is 0. The summed E-state index contributed by atoms with van der Waals surface area (Å²) in [7, 11) is 0. The first-order valence-electron chi connectivity index (χ1n) is 7.17. The monoisotopic (exact) mass is 321 g/mol. The molecule has 0 unspecified atom stereocenters. The van der Waals surface area contributed by atoms with Crippen molar-refractivity contribution in [3.8, 4) is 6.07 Å². The van der Waals surface area contributed by atoms with Crippen molar-refractivity contribution in [3.63, 3.8) is 0 Å². The molecule has 1 aliphatic heterocycles. The average Bonchev–Trinajstić information content (AvgIpc) is 3.01. The van der Waals surface area contributed by atoms with Gasteiger partial charge in [-0.1, -0.05) is 11.6 Å². The molecule has 1 aromatic heterocycles. The lowest BCUT2D eigenvalue weighted by Gasteiger charge is -2.18. The van der Waals surface area contributed by atoms with Crippen LogP contribution in [0.4, 0.5) is 10.6 Å². The maximum atomic E-state index is 11.0. The molecular formula is C14H16ClN5O2. The number of hydrogen-bond donors (Lipinski definition) is 2. The highest BCUT2D eigenvalue weighted by molar-refractivity contribution is 6.30. The molecule has 2 fully saturated rings. The molecule has 0 radical (unpaired) electrons. The topological polar surface area (TPSA) is 102 Å². The summed E-state index contributed by atoms with van der Waals surface area (Å²) in [6.07, 6.45) is 0.913. The van der Waals surface area contributed by atoms with Crippen LogP contribution in [0.1, 0.15) is 24.0 Å². The van der Waals surface area contributed by atoms with E-state index in [1.807, 2.05) is 0 Å². The number of nitrogens with zero attached hydrogens (tertiary/aromatic N) is 4. The van der Waals surface area contributed by atoms with Crippen LogP contribution in [-0.2, 0) is 0 Å². The smallest absolute Gasteiger partial charge is 0.407 e. The molecule has 116 valence electrons. The zero-order valence-corrected chi connectivity index (χ0v) is 12.8. The number of aromatic nitrogens is 2. The molecule has 1 saturated heterocycles. The van der Waals surface area contributed by atoms with Crippen LogP contribution >= 0.6 is 11.6 Å². The van der Waals surface area contributed by atoms with Gasteiger partial charge in [0.15, 0.2) is 11.0 Å². The Bertz CT molecular complexity index is 645. The Hall–Kier alpha value is -2.07. The van der Waals surface area contributed by atoms with Crippen LogP contribution in [0.15, 0.2) is 0 Å². The molecule has 3 rings (SSSR count). The number of nitriles is 1. The van der Waals surface area contributed by atoms with Gasteiger partial charge in [-0.15, -0.1) is 10.2 Å². The molecule has 0 aromatic carbocycles. The zero-order valence-electron chi connectivity index (χ0n) is 12.1. The molecule has 1 aliphatic carbocycles. The fourth-order valence-electron chi connectivity index (χ4n) is 3.50. The van der Waals surface area contributed by atoms with Crippen LogP contribution < -0.4 is 5.32 Å².